The molecule has 0 bridgehead atoms. The molecule has 1 aromatic heterocycles. The lowest BCUT2D eigenvalue weighted by Crippen LogP contribution is -2.27. The number of rotatable bonds is 9. The van der Waals surface area contributed by atoms with E-state index < -0.39 is 35.6 Å². The van der Waals surface area contributed by atoms with Crippen LogP contribution in [0.5, 0.6) is 0 Å². The topological polar surface area (TPSA) is 165 Å². The van der Waals surface area contributed by atoms with Crippen molar-refractivity contribution in [2.45, 2.75) is 65.2 Å². The van der Waals surface area contributed by atoms with Gasteiger partial charge in [0.2, 0.25) is 6.23 Å². The largest absolute Gasteiger partial charge is 0.481 e. The lowest BCUT2D eigenvalue weighted by atomic mass is 10.0. The highest BCUT2D eigenvalue weighted by Gasteiger charge is 2.23. The number of aliphatic imine (C=N–C) groups is 1. The number of benzene rings is 3. The Hall–Kier alpha value is -5.49. The Morgan fingerprint density at radius 1 is 1.02 bits per heavy atom. The lowest BCUT2D eigenvalue weighted by molar-refractivity contribution is -0.136. The van der Waals surface area contributed by atoms with Gasteiger partial charge in [-0.25, -0.2) is 24.5 Å². The van der Waals surface area contributed by atoms with Crippen LogP contribution in [0, 0.1) is 5.82 Å². The molecule has 11 nitrogen and oxygen atoms in total. The van der Waals surface area contributed by atoms with Crippen LogP contribution < -0.4 is 16.5 Å². The molecule has 5 N–H and O–H groups in total. The minimum absolute atomic E-state index is 0.0675. The Morgan fingerprint density at radius 3 is 2.27 bits per heavy atom. The third-order valence-corrected chi connectivity index (χ3v) is 6.98. The van der Waals surface area contributed by atoms with E-state index in [1.54, 1.807) is 63.2 Å². The average molecular weight is 659 g/mol. The van der Waals surface area contributed by atoms with Gasteiger partial charge in [-0.1, -0.05) is 56.3 Å². The van der Waals surface area contributed by atoms with E-state index in [0.29, 0.717) is 28.5 Å². The number of amidine groups is 1. The first-order valence-corrected chi connectivity index (χ1v) is 15.3. The number of furan rings is 1. The summed E-state index contributed by atoms with van der Waals surface area (Å²) >= 11 is 0. The van der Waals surface area contributed by atoms with Crippen LogP contribution in [0.3, 0.4) is 0 Å². The third kappa shape index (κ3) is 10.0. The van der Waals surface area contributed by atoms with E-state index in [1.807, 2.05) is 12.1 Å². The highest BCUT2D eigenvalue weighted by Crippen LogP contribution is 2.27. The molecular weight excluding hydrogens is 619 g/mol. The van der Waals surface area contributed by atoms with Crippen molar-refractivity contribution in [2.24, 2.45) is 10.7 Å². The molecule has 3 aromatic carbocycles. The van der Waals surface area contributed by atoms with Crippen molar-refractivity contribution in [1.29, 1.82) is 0 Å². The molecule has 252 valence electrons. The minimum atomic E-state index is -0.935. The van der Waals surface area contributed by atoms with Crippen LogP contribution >= 0.6 is 0 Å². The molecule has 0 spiro atoms. The van der Waals surface area contributed by atoms with E-state index in [0.717, 1.165) is 5.56 Å². The summed E-state index contributed by atoms with van der Waals surface area (Å²) in [7, 11) is 0. The van der Waals surface area contributed by atoms with Crippen molar-refractivity contribution in [2.75, 3.05) is 5.32 Å². The van der Waals surface area contributed by atoms with Crippen molar-refractivity contribution in [1.82, 2.24) is 5.48 Å². The fourth-order valence-electron chi connectivity index (χ4n) is 4.52. The molecule has 0 radical (unpaired) electrons. The van der Waals surface area contributed by atoms with Gasteiger partial charge in [-0.3, -0.25) is 14.9 Å². The van der Waals surface area contributed by atoms with E-state index in [2.05, 4.69) is 41.8 Å². The first-order valence-electron chi connectivity index (χ1n) is 15.3. The van der Waals surface area contributed by atoms with E-state index in [-0.39, 0.29) is 30.0 Å². The van der Waals surface area contributed by atoms with Gasteiger partial charge < -0.3 is 20.0 Å². The van der Waals surface area contributed by atoms with Crippen LogP contribution in [0.25, 0.3) is 11.3 Å². The number of hydroxylamine groups is 1. The number of nitrogens with two attached hydrogens (primary N) is 1. The smallest absolute Gasteiger partial charge is 0.412 e. The number of hydrogen-bond donors (Lipinski definition) is 4. The van der Waals surface area contributed by atoms with Gasteiger partial charge in [-0.05, 0) is 80.6 Å². The number of aryl methyl sites for hydroxylation is 1. The second-order valence-electron chi connectivity index (χ2n) is 12.3. The number of carboxylic acid groups (broad SMARTS) is 1. The maximum Gasteiger partial charge on any atom is 0.412 e. The van der Waals surface area contributed by atoms with Gasteiger partial charge in [-0.2, -0.15) is 0 Å². The Balaban J connectivity index is 0.000000257. The molecule has 5 rings (SSSR count). The first kappa shape index (κ1) is 35.4. The average Bonchev–Trinajstić information content (AvgIpc) is 3.71. The number of ether oxygens (including phenoxy) is 1. The van der Waals surface area contributed by atoms with Crippen molar-refractivity contribution < 1.29 is 37.9 Å². The Labute approximate surface area is 277 Å². The molecule has 4 aromatic rings. The van der Waals surface area contributed by atoms with Gasteiger partial charge in [0.25, 0.3) is 5.91 Å². The first-order chi connectivity index (χ1) is 22.7. The number of aliphatic carboxylic acids is 1. The van der Waals surface area contributed by atoms with Gasteiger partial charge in [0.15, 0.2) is 11.6 Å². The zero-order valence-corrected chi connectivity index (χ0v) is 27.4. The molecule has 0 fully saturated rings. The summed E-state index contributed by atoms with van der Waals surface area (Å²) in [6.45, 7) is 9.63. The number of carbonyl (C=O) groups is 3. The summed E-state index contributed by atoms with van der Waals surface area (Å²) in [4.78, 5) is 43.2. The monoisotopic (exact) mass is 658 g/mol. The molecule has 1 aliphatic rings. The van der Waals surface area contributed by atoms with Crippen LogP contribution in [0.2, 0.25) is 0 Å². The Morgan fingerprint density at radius 2 is 1.71 bits per heavy atom. The molecule has 1 unspecified atom stereocenters. The molecule has 0 saturated heterocycles. The van der Waals surface area contributed by atoms with Gasteiger partial charge in [0.05, 0.1) is 5.56 Å². The number of hydrogen-bond acceptors (Lipinski definition) is 8. The van der Waals surface area contributed by atoms with Crippen LogP contribution in [-0.2, 0) is 20.8 Å². The van der Waals surface area contributed by atoms with Gasteiger partial charge >= 0.3 is 12.1 Å². The fourth-order valence-corrected chi connectivity index (χ4v) is 4.52. The van der Waals surface area contributed by atoms with Crippen LogP contribution in [0.15, 0.2) is 88.3 Å². The van der Waals surface area contributed by atoms with Crippen molar-refractivity contribution in [3.05, 3.63) is 113 Å². The highest BCUT2D eigenvalue weighted by atomic mass is 19.1. The number of halogens is 1. The number of anilines is 1. The van der Waals surface area contributed by atoms with Gasteiger partial charge in [0.1, 0.15) is 17.2 Å². The zero-order valence-electron chi connectivity index (χ0n) is 27.4. The highest BCUT2D eigenvalue weighted by molar-refractivity contribution is 5.99. The van der Waals surface area contributed by atoms with E-state index in [9.17, 15) is 18.8 Å². The summed E-state index contributed by atoms with van der Waals surface area (Å²) in [5.41, 5.74) is 11.5. The number of nitrogens with zero attached hydrogens (tertiary/aromatic N) is 1. The van der Waals surface area contributed by atoms with E-state index >= 15 is 0 Å². The molecule has 2 amide bonds. The second kappa shape index (κ2) is 15.4. The molecule has 12 heteroatoms. The number of primary amides is 1. The van der Waals surface area contributed by atoms with E-state index in [4.69, 9.17) is 24.8 Å². The fraction of sp³-hybridized carbons (Fsp3) is 0.278. The maximum atomic E-state index is 14.5. The predicted octanol–water partition coefficient (Wildman–Crippen LogP) is 7.34. The van der Waals surface area contributed by atoms with Crippen molar-refractivity contribution in [3.63, 3.8) is 0 Å². The molecule has 0 aliphatic carbocycles. The zero-order chi connectivity index (χ0) is 35.0. The summed E-state index contributed by atoms with van der Waals surface area (Å²) in [6, 6.07) is 22.8. The van der Waals surface area contributed by atoms with Crippen molar-refractivity contribution >= 4 is 29.5 Å². The molecule has 1 atom stereocenters. The third-order valence-electron chi connectivity index (χ3n) is 6.98. The van der Waals surface area contributed by atoms with E-state index in [1.165, 1.54) is 17.7 Å². The summed E-state index contributed by atoms with van der Waals surface area (Å²) in [5.74, 6) is -0.410. The molecule has 1 aliphatic heterocycles. The molecule has 0 saturated carbocycles. The van der Waals surface area contributed by atoms with Crippen LogP contribution in [-0.4, -0.2) is 34.5 Å². The Bertz CT molecular complexity index is 1780. The van der Waals surface area contributed by atoms with Crippen LogP contribution in [0.1, 0.15) is 86.0 Å². The van der Waals surface area contributed by atoms with Gasteiger partial charge in [0, 0.05) is 23.2 Å². The number of carboxylic acids is 1. The number of carbonyl (C=O) groups excluding carboxylic acids is 2. The molecule has 2 heterocycles. The summed E-state index contributed by atoms with van der Waals surface area (Å²) in [5, 5.41) is 11.4. The van der Waals surface area contributed by atoms with Crippen molar-refractivity contribution in [3.8, 4) is 11.3 Å². The maximum absolute atomic E-state index is 14.5. The Kier molecular flexibility index (Phi) is 11.3. The standard InChI is InChI=1S/C22H24FN3O5.C14H15NO2/c1-22(2,3)30-21(29)24-15-8-6-14(7-9-15)20-25-19(26-31-20)16-10-4-13(12-17(16)23)5-11-18(27)28;1-9(2)10-3-5-11(6-4-10)12-7-8-13(17-12)14(15)16/h4,6-10,12,20H,5,11H2,1-3H3,(H,24,29)(H,25,26)(H,27,28);3-9H,1-2H3,(H2,15,16). The summed E-state index contributed by atoms with van der Waals surface area (Å²) < 4.78 is 25.0. The lowest BCUT2D eigenvalue weighted by Gasteiger charge is -2.19. The molecular formula is C36H39FN4O7. The quantitative estimate of drug-likeness (QED) is 0.145. The number of amides is 2. The number of nitrogens with one attached hydrogen (secondary N) is 2. The SMILES string of the molecule is CC(C)(C)OC(=O)Nc1ccc(C2N=C(c3ccc(CCC(=O)O)cc3F)NO2)cc1.CC(C)c1ccc(-c2ccc(C(N)=O)o2)cc1. The summed E-state index contributed by atoms with van der Waals surface area (Å²) in [6.07, 6.45) is -1.06. The normalized spacial score (nSPS) is 14.0. The van der Waals surface area contributed by atoms with Gasteiger partial charge in [-0.15, -0.1) is 0 Å². The second-order valence-corrected chi connectivity index (χ2v) is 12.3. The predicted molar refractivity (Wildman–Crippen MR) is 179 cm³/mol. The molecule has 48 heavy (non-hydrogen) atoms. The van der Waals surface area contributed by atoms with Crippen LogP contribution in [0.4, 0.5) is 14.9 Å². The minimum Gasteiger partial charge on any atom is -0.481 e.